The lowest BCUT2D eigenvalue weighted by Crippen LogP contribution is -2.00. The van der Waals surface area contributed by atoms with Gasteiger partial charge in [-0.15, -0.1) is 0 Å². The zero-order valence-electron chi connectivity index (χ0n) is 11.7. The molecule has 20 heavy (non-hydrogen) atoms. The number of hydrogen-bond donors (Lipinski definition) is 1. The van der Waals surface area contributed by atoms with Gasteiger partial charge in [0.05, 0.1) is 5.69 Å². The monoisotopic (exact) mass is 263 g/mol. The Morgan fingerprint density at radius 2 is 1.50 bits per heavy atom. The third-order valence-electron chi connectivity index (χ3n) is 3.32. The molecule has 0 fully saturated rings. The van der Waals surface area contributed by atoms with E-state index < -0.39 is 0 Å². The molecule has 1 aromatic heterocycles. The van der Waals surface area contributed by atoms with Gasteiger partial charge in [0.1, 0.15) is 5.82 Å². The van der Waals surface area contributed by atoms with Crippen molar-refractivity contribution >= 4 is 11.5 Å². The lowest BCUT2D eigenvalue weighted by Gasteiger charge is -2.10. The molecule has 0 bridgehead atoms. The van der Waals surface area contributed by atoms with Crippen LogP contribution in [0.3, 0.4) is 0 Å². The van der Waals surface area contributed by atoms with E-state index in [1.807, 2.05) is 55.1 Å². The normalized spacial score (nSPS) is 10.5. The first-order chi connectivity index (χ1) is 9.75. The molecule has 1 heterocycles. The van der Waals surface area contributed by atoms with Gasteiger partial charge in [-0.25, -0.2) is 0 Å². The van der Waals surface area contributed by atoms with E-state index in [4.69, 9.17) is 0 Å². The van der Waals surface area contributed by atoms with Gasteiger partial charge in [-0.05, 0) is 24.6 Å². The second kappa shape index (κ2) is 5.21. The van der Waals surface area contributed by atoms with Crippen LogP contribution >= 0.6 is 0 Å². The Kier molecular flexibility index (Phi) is 3.25. The van der Waals surface area contributed by atoms with E-state index in [0.717, 1.165) is 22.8 Å². The molecule has 0 radical (unpaired) electrons. The summed E-state index contributed by atoms with van der Waals surface area (Å²) < 4.78 is 1.89. The minimum Gasteiger partial charge on any atom is -0.340 e. The summed E-state index contributed by atoms with van der Waals surface area (Å²) in [7, 11) is 1.96. The average Bonchev–Trinajstić information content (AvgIpc) is 2.75. The molecule has 0 aliphatic rings. The first-order valence-corrected chi connectivity index (χ1v) is 6.67. The molecule has 0 saturated carbocycles. The third kappa shape index (κ3) is 2.30. The lowest BCUT2D eigenvalue weighted by molar-refractivity contribution is 0.765. The molecule has 3 heteroatoms. The topological polar surface area (TPSA) is 29.9 Å². The summed E-state index contributed by atoms with van der Waals surface area (Å²) >= 11 is 0. The van der Waals surface area contributed by atoms with Crippen LogP contribution in [-0.2, 0) is 7.05 Å². The maximum absolute atomic E-state index is 4.54. The predicted molar refractivity (Wildman–Crippen MR) is 83.1 cm³/mol. The molecule has 3 rings (SSSR count). The van der Waals surface area contributed by atoms with Crippen LogP contribution in [-0.4, -0.2) is 9.78 Å². The molecule has 1 N–H and O–H groups in total. The standard InChI is InChI=1S/C17H17N3/c1-13-16(14-9-5-3-6-10-14)17(20(2)19-13)18-15-11-7-4-8-12-15/h3-12,18H,1-2H3. The van der Waals surface area contributed by atoms with Crippen molar-refractivity contribution in [2.45, 2.75) is 6.92 Å². The van der Waals surface area contributed by atoms with Gasteiger partial charge in [0.15, 0.2) is 0 Å². The second-order valence-corrected chi connectivity index (χ2v) is 4.79. The van der Waals surface area contributed by atoms with Crippen molar-refractivity contribution in [1.82, 2.24) is 9.78 Å². The van der Waals surface area contributed by atoms with E-state index in [1.54, 1.807) is 0 Å². The molecule has 0 spiro atoms. The highest BCUT2D eigenvalue weighted by Gasteiger charge is 2.14. The third-order valence-corrected chi connectivity index (χ3v) is 3.32. The first kappa shape index (κ1) is 12.5. The van der Waals surface area contributed by atoms with Crippen LogP contribution in [0.1, 0.15) is 5.69 Å². The molecule has 0 aliphatic carbocycles. The number of benzene rings is 2. The number of rotatable bonds is 3. The highest BCUT2D eigenvalue weighted by Crippen LogP contribution is 2.32. The fraction of sp³-hybridized carbons (Fsp3) is 0.118. The van der Waals surface area contributed by atoms with Crippen LogP contribution in [0.4, 0.5) is 11.5 Å². The van der Waals surface area contributed by atoms with E-state index >= 15 is 0 Å². The Bertz CT molecular complexity index is 700. The van der Waals surface area contributed by atoms with Crippen LogP contribution in [0.15, 0.2) is 60.7 Å². The van der Waals surface area contributed by atoms with E-state index in [2.05, 4.69) is 34.7 Å². The van der Waals surface area contributed by atoms with Gasteiger partial charge in [0.2, 0.25) is 0 Å². The average molecular weight is 263 g/mol. The Morgan fingerprint density at radius 3 is 2.15 bits per heavy atom. The van der Waals surface area contributed by atoms with Gasteiger partial charge in [0, 0.05) is 18.3 Å². The number of para-hydroxylation sites is 1. The SMILES string of the molecule is Cc1nn(C)c(Nc2ccccc2)c1-c1ccccc1. The summed E-state index contributed by atoms with van der Waals surface area (Å²) in [6.45, 7) is 2.04. The maximum Gasteiger partial charge on any atom is 0.136 e. The predicted octanol–water partition coefficient (Wildman–Crippen LogP) is 4.14. The Balaban J connectivity index is 2.07. The molecule has 100 valence electrons. The molecular formula is C17H17N3. The minimum atomic E-state index is 1.01. The number of aryl methyl sites for hydroxylation is 2. The smallest absolute Gasteiger partial charge is 0.136 e. The fourth-order valence-corrected chi connectivity index (χ4v) is 2.41. The molecule has 0 saturated heterocycles. The molecule has 2 aromatic carbocycles. The van der Waals surface area contributed by atoms with E-state index in [9.17, 15) is 0 Å². The first-order valence-electron chi connectivity index (χ1n) is 6.67. The van der Waals surface area contributed by atoms with Gasteiger partial charge in [-0.1, -0.05) is 48.5 Å². The Hall–Kier alpha value is -2.55. The van der Waals surface area contributed by atoms with Crippen molar-refractivity contribution in [2.75, 3.05) is 5.32 Å². The Morgan fingerprint density at radius 1 is 0.900 bits per heavy atom. The summed E-state index contributed by atoms with van der Waals surface area (Å²) in [4.78, 5) is 0. The van der Waals surface area contributed by atoms with Gasteiger partial charge >= 0.3 is 0 Å². The van der Waals surface area contributed by atoms with Crippen LogP contribution in [0.25, 0.3) is 11.1 Å². The van der Waals surface area contributed by atoms with E-state index in [1.165, 1.54) is 5.56 Å². The molecule has 0 aliphatic heterocycles. The van der Waals surface area contributed by atoms with Crippen molar-refractivity contribution in [3.8, 4) is 11.1 Å². The van der Waals surface area contributed by atoms with E-state index in [-0.39, 0.29) is 0 Å². The number of aromatic nitrogens is 2. The zero-order chi connectivity index (χ0) is 13.9. The quantitative estimate of drug-likeness (QED) is 0.769. The van der Waals surface area contributed by atoms with Crippen molar-refractivity contribution in [1.29, 1.82) is 0 Å². The highest BCUT2D eigenvalue weighted by atomic mass is 15.3. The number of hydrogen-bond acceptors (Lipinski definition) is 2. The molecule has 3 nitrogen and oxygen atoms in total. The summed E-state index contributed by atoms with van der Waals surface area (Å²) in [6.07, 6.45) is 0. The van der Waals surface area contributed by atoms with Crippen molar-refractivity contribution in [3.63, 3.8) is 0 Å². The summed E-state index contributed by atoms with van der Waals surface area (Å²) in [5.74, 6) is 1.01. The summed E-state index contributed by atoms with van der Waals surface area (Å²) in [5, 5.41) is 8.00. The van der Waals surface area contributed by atoms with Crippen LogP contribution in [0.5, 0.6) is 0 Å². The van der Waals surface area contributed by atoms with Gasteiger partial charge in [0.25, 0.3) is 0 Å². The van der Waals surface area contributed by atoms with Crippen molar-refractivity contribution < 1.29 is 0 Å². The van der Waals surface area contributed by atoms with Crippen LogP contribution in [0.2, 0.25) is 0 Å². The molecule has 0 unspecified atom stereocenters. The summed E-state index contributed by atoms with van der Waals surface area (Å²) in [6, 6.07) is 20.5. The minimum absolute atomic E-state index is 1.01. The van der Waals surface area contributed by atoms with Crippen molar-refractivity contribution in [2.24, 2.45) is 7.05 Å². The van der Waals surface area contributed by atoms with Gasteiger partial charge < -0.3 is 5.32 Å². The van der Waals surface area contributed by atoms with Crippen LogP contribution in [0, 0.1) is 6.92 Å². The highest BCUT2D eigenvalue weighted by molar-refractivity contribution is 5.80. The van der Waals surface area contributed by atoms with Crippen molar-refractivity contribution in [3.05, 3.63) is 66.4 Å². The summed E-state index contributed by atoms with van der Waals surface area (Å²) in [5.41, 5.74) is 4.42. The largest absolute Gasteiger partial charge is 0.340 e. The molecule has 0 amide bonds. The molecule has 0 atom stereocenters. The lowest BCUT2D eigenvalue weighted by atomic mass is 10.1. The second-order valence-electron chi connectivity index (χ2n) is 4.79. The van der Waals surface area contributed by atoms with Gasteiger partial charge in [-0.3, -0.25) is 4.68 Å². The zero-order valence-corrected chi connectivity index (χ0v) is 11.7. The van der Waals surface area contributed by atoms with Gasteiger partial charge in [-0.2, -0.15) is 5.10 Å². The maximum atomic E-state index is 4.54. The number of nitrogens with zero attached hydrogens (tertiary/aromatic N) is 2. The molecule has 3 aromatic rings. The van der Waals surface area contributed by atoms with Crippen LogP contribution < -0.4 is 5.32 Å². The molecular weight excluding hydrogens is 246 g/mol. The number of anilines is 2. The fourth-order valence-electron chi connectivity index (χ4n) is 2.41. The Labute approximate surface area is 118 Å². The van der Waals surface area contributed by atoms with E-state index in [0.29, 0.717) is 0 Å². The number of nitrogens with one attached hydrogen (secondary N) is 1.